The Balaban J connectivity index is 1.20. The molecule has 5 aromatic rings. The van der Waals surface area contributed by atoms with Gasteiger partial charge in [-0.2, -0.15) is 5.10 Å². The molecule has 0 saturated heterocycles. The highest BCUT2D eigenvalue weighted by Crippen LogP contribution is 2.26. The standard InChI is InChI=1S/C28H27ClN10O3/c1-3-4-23(40)20-12-31-39(17(20)2)25-8-7-24(33-35-25)32-28(42)21-13-38(22-6-5-18(29)11-19(21)22)15-27(41)36-9-10-37-16-30-34-26(37)14-36/h5-8,11-13,16H,3-4,9-10,14-15H2,1-2H3,(H,32,33,42). The molecule has 214 valence electrons. The number of hydrogen-bond donors (Lipinski definition) is 1. The van der Waals surface area contributed by atoms with Crippen LogP contribution in [0.5, 0.6) is 0 Å². The van der Waals surface area contributed by atoms with Crippen LogP contribution in [0.25, 0.3) is 16.7 Å². The quantitative estimate of drug-likeness (QED) is 0.272. The summed E-state index contributed by atoms with van der Waals surface area (Å²) < 4.78 is 5.21. The van der Waals surface area contributed by atoms with Crippen molar-refractivity contribution >= 4 is 45.9 Å². The fraction of sp³-hybridized carbons (Fsp3) is 0.286. The fourth-order valence-electron chi connectivity index (χ4n) is 5.07. The summed E-state index contributed by atoms with van der Waals surface area (Å²) in [6.07, 6.45) is 6.04. The Bertz CT molecular complexity index is 1820. The molecule has 0 spiro atoms. The molecule has 0 unspecified atom stereocenters. The van der Waals surface area contributed by atoms with Crippen molar-refractivity contribution < 1.29 is 14.4 Å². The highest BCUT2D eigenvalue weighted by molar-refractivity contribution is 6.31. The SMILES string of the molecule is CCCC(=O)c1cnn(-c2ccc(NC(=O)c3cn(CC(=O)N4CCn5cnnc5C4)c4ccc(Cl)cc34)nn2)c1C. The molecule has 0 radical (unpaired) electrons. The maximum Gasteiger partial charge on any atom is 0.259 e. The molecular formula is C28H27ClN10O3. The van der Waals surface area contributed by atoms with E-state index in [4.69, 9.17) is 11.6 Å². The number of benzene rings is 1. The van der Waals surface area contributed by atoms with Crippen LogP contribution in [0.15, 0.2) is 49.1 Å². The van der Waals surface area contributed by atoms with E-state index in [0.717, 1.165) is 12.2 Å². The Labute approximate surface area is 245 Å². The second kappa shape index (κ2) is 11.2. The number of halogens is 1. The summed E-state index contributed by atoms with van der Waals surface area (Å²) in [6, 6.07) is 8.48. The lowest BCUT2D eigenvalue weighted by molar-refractivity contribution is -0.133. The monoisotopic (exact) mass is 586 g/mol. The third kappa shape index (κ3) is 5.14. The average Bonchev–Trinajstić information content (AvgIpc) is 3.70. The average molecular weight is 587 g/mol. The number of aromatic nitrogens is 8. The van der Waals surface area contributed by atoms with Gasteiger partial charge in [-0.05, 0) is 43.7 Å². The summed E-state index contributed by atoms with van der Waals surface area (Å²) in [5.74, 6) is 0.881. The van der Waals surface area contributed by atoms with Gasteiger partial charge in [0.05, 0.1) is 29.6 Å². The molecule has 4 aromatic heterocycles. The first-order chi connectivity index (χ1) is 20.3. The summed E-state index contributed by atoms with van der Waals surface area (Å²) >= 11 is 6.27. The van der Waals surface area contributed by atoms with E-state index in [1.54, 1.807) is 63.9 Å². The summed E-state index contributed by atoms with van der Waals surface area (Å²) in [4.78, 5) is 40.7. The van der Waals surface area contributed by atoms with Gasteiger partial charge in [-0.1, -0.05) is 18.5 Å². The second-order valence-corrected chi connectivity index (χ2v) is 10.5. The van der Waals surface area contributed by atoms with Crippen molar-refractivity contribution in [1.82, 2.24) is 44.2 Å². The number of hydrogen-bond acceptors (Lipinski definition) is 8. The van der Waals surface area contributed by atoms with Gasteiger partial charge in [0.15, 0.2) is 23.2 Å². The molecule has 0 fully saturated rings. The van der Waals surface area contributed by atoms with E-state index in [2.05, 4.69) is 30.8 Å². The molecule has 13 nitrogen and oxygen atoms in total. The Hall–Kier alpha value is -4.91. The Kier molecular flexibility index (Phi) is 7.25. The number of ketones is 1. The third-order valence-corrected chi connectivity index (χ3v) is 7.52. The van der Waals surface area contributed by atoms with E-state index in [9.17, 15) is 14.4 Å². The van der Waals surface area contributed by atoms with Gasteiger partial charge in [-0.3, -0.25) is 14.4 Å². The van der Waals surface area contributed by atoms with Crippen LogP contribution in [0, 0.1) is 6.92 Å². The van der Waals surface area contributed by atoms with E-state index in [0.29, 0.717) is 64.6 Å². The van der Waals surface area contributed by atoms with E-state index in [-0.39, 0.29) is 24.1 Å². The van der Waals surface area contributed by atoms with Gasteiger partial charge in [-0.25, -0.2) is 4.68 Å². The first kappa shape index (κ1) is 27.3. The summed E-state index contributed by atoms with van der Waals surface area (Å²) in [7, 11) is 0. The van der Waals surface area contributed by atoms with Gasteiger partial charge in [0, 0.05) is 41.6 Å². The van der Waals surface area contributed by atoms with Crippen LogP contribution in [-0.4, -0.2) is 68.4 Å². The van der Waals surface area contributed by atoms with Gasteiger partial charge >= 0.3 is 0 Å². The summed E-state index contributed by atoms with van der Waals surface area (Å²) in [5, 5.41) is 24.5. The van der Waals surface area contributed by atoms with Crippen molar-refractivity contribution in [2.24, 2.45) is 0 Å². The molecule has 1 aliphatic heterocycles. The van der Waals surface area contributed by atoms with Crippen LogP contribution in [0.2, 0.25) is 5.02 Å². The van der Waals surface area contributed by atoms with Gasteiger partial charge < -0.3 is 19.4 Å². The van der Waals surface area contributed by atoms with Crippen LogP contribution >= 0.6 is 11.6 Å². The van der Waals surface area contributed by atoms with E-state index < -0.39 is 5.91 Å². The van der Waals surface area contributed by atoms with Crippen LogP contribution in [0.3, 0.4) is 0 Å². The van der Waals surface area contributed by atoms with Crippen LogP contribution in [0.4, 0.5) is 5.82 Å². The van der Waals surface area contributed by atoms with Crippen LogP contribution in [-0.2, 0) is 24.4 Å². The normalized spacial score (nSPS) is 12.9. The number of carbonyl (C=O) groups excluding carboxylic acids is 3. The van der Waals surface area contributed by atoms with Crippen molar-refractivity contribution in [2.45, 2.75) is 46.3 Å². The minimum absolute atomic E-state index is 0.0273. The minimum atomic E-state index is -0.427. The number of nitrogens with one attached hydrogen (secondary N) is 1. The number of fused-ring (bicyclic) bond motifs is 2. The van der Waals surface area contributed by atoms with E-state index in [1.165, 1.54) is 6.20 Å². The van der Waals surface area contributed by atoms with E-state index >= 15 is 0 Å². The number of nitrogens with zero attached hydrogens (tertiary/aromatic N) is 9. The molecule has 0 saturated carbocycles. The number of amides is 2. The minimum Gasteiger partial charge on any atom is -0.337 e. The van der Waals surface area contributed by atoms with Gasteiger partial charge in [-0.15, -0.1) is 20.4 Å². The van der Waals surface area contributed by atoms with Crippen molar-refractivity contribution in [3.8, 4) is 5.82 Å². The van der Waals surface area contributed by atoms with Gasteiger partial charge in [0.2, 0.25) is 5.91 Å². The first-order valence-electron chi connectivity index (χ1n) is 13.5. The lowest BCUT2D eigenvalue weighted by Crippen LogP contribution is -2.39. The second-order valence-electron chi connectivity index (χ2n) is 10.0. The Morgan fingerprint density at radius 2 is 1.90 bits per heavy atom. The molecule has 5 heterocycles. The molecule has 0 atom stereocenters. The van der Waals surface area contributed by atoms with Crippen LogP contribution < -0.4 is 5.32 Å². The summed E-state index contributed by atoms with van der Waals surface area (Å²) in [5.41, 5.74) is 2.26. The zero-order valence-corrected chi connectivity index (χ0v) is 23.7. The number of carbonyl (C=O) groups is 3. The molecule has 1 aromatic carbocycles. The van der Waals surface area contributed by atoms with Gasteiger partial charge in [0.1, 0.15) is 12.9 Å². The maximum absolute atomic E-state index is 13.4. The van der Waals surface area contributed by atoms with Crippen molar-refractivity contribution in [3.05, 3.63) is 76.7 Å². The zero-order chi connectivity index (χ0) is 29.4. The first-order valence-corrected chi connectivity index (χ1v) is 13.9. The topological polar surface area (TPSA) is 146 Å². The smallest absolute Gasteiger partial charge is 0.259 e. The predicted octanol–water partition coefficient (Wildman–Crippen LogP) is 3.45. The van der Waals surface area contributed by atoms with Crippen molar-refractivity contribution in [2.75, 3.05) is 11.9 Å². The Morgan fingerprint density at radius 1 is 1.05 bits per heavy atom. The highest BCUT2D eigenvalue weighted by atomic mass is 35.5. The van der Waals surface area contributed by atoms with E-state index in [1.807, 2.05) is 11.5 Å². The molecule has 2 amide bonds. The molecule has 0 bridgehead atoms. The highest BCUT2D eigenvalue weighted by Gasteiger charge is 2.24. The lowest BCUT2D eigenvalue weighted by Gasteiger charge is -2.27. The zero-order valence-electron chi connectivity index (χ0n) is 23.0. The molecule has 1 N–H and O–H groups in total. The molecule has 6 rings (SSSR count). The largest absolute Gasteiger partial charge is 0.337 e. The number of Topliss-reactive ketones (excluding diaryl/α,β-unsaturated/α-hetero) is 1. The maximum atomic E-state index is 13.4. The van der Waals surface area contributed by atoms with Crippen molar-refractivity contribution in [1.29, 1.82) is 0 Å². The molecule has 0 aliphatic carbocycles. The molecule has 14 heteroatoms. The number of rotatable bonds is 8. The van der Waals surface area contributed by atoms with Crippen molar-refractivity contribution in [3.63, 3.8) is 0 Å². The third-order valence-electron chi connectivity index (χ3n) is 7.28. The fourth-order valence-corrected chi connectivity index (χ4v) is 5.24. The predicted molar refractivity (Wildman–Crippen MR) is 153 cm³/mol. The molecule has 42 heavy (non-hydrogen) atoms. The molecular weight excluding hydrogens is 560 g/mol. The van der Waals surface area contributed by atoms with Gasteiger partial charge in [0.25, 0.3) is 5.91 Å². The lowest BCUT2D eigenvalue weighted by atomic mass is 10.1. The number of anilines is 1. The Morgan fingerprint density at radius 3 is 2.69 bits per heavy atom. The van der Waals surface area contributed by atoms with Crippen LogP contribution in [0.1, 0.15) is 52.0 Å². The summed E-state index contributed by atoms with van der Waals surface area (Å²) in [6.45, 7) is 5.34. The molecule has 1 aliphatic rings.